The minimum Gasteiger partial charge on any atom is -0.451 e. The Bertz CT molecular complexity index is 983. The first-order valence-electron chi connectivity index (χ1n) is 8.16. The van der Waals surface area contributed by atoms with Gasteiger partial charge in [0, 0.05) is 10.7 Å². The monoisotopic (exact) mass is 384 g/mol. The summed E-state index contributed by atoms with van der Waals surface area (Å²) in [6.45, 7) is 3.17. The molecule has 0 saturated heterocycles. The normalized spacial score (nSPS) is 10.5. The number of halogens is 1. The molecule has 7 nitrogen and oxygen atoms in total. The zero-order valence-corrected chi connectivity index (χ0v) is 15.5. The molecule has 3 aromatic rings. The summed E-state index contributed by atoms with van der Waals surface area (Å²) in [5.41, 5.74) is 2.75. The lowest BCUT2D eigenvalue weighted by atomic mass is 10.2. The lowest BCUT2D eigenvalue weighted by Gasteiger charge is -2.06. The van der Waals surface area contributed by atoms with Crippen LogP contribution in [0.4, 0.5) is 5.69 Å². The Hall–Kier alpha value is -3.19. The molecule has 0 spiro atoms. The van der Waals surface area contributed by atoms with Gasteiger partial charge in [-0.1, -0.05) is 35.4 Å². The largest absolute Gasteiger partial charge is 0.451 e. The molecule has 0 aliphatic carbocycles. The highest BCUT2D eigenvalue weighted by atomic mass is 35.5. The van der Waals surface area contributed by atoms with Crippen molar-refractivity contribution in [3.8, 4) is 5.69 Å². The van der Waals surface area contributed by atoms with Gasteiger partial charge in [0.05, 0.1) is 11.4 Å². The molecule has 1 aromatic heterocycles. The number of aromatic nitrogens is 3. The summed E-state index contributed by atoms with van der Waals surface area (Å²) in [5.74, 6) is -1.16. The fraction of sp³-hybridized carbons (Fsp3) is 0.158. The molecule has 138 valence electrons. The first kappa shape index (κ1) is 18.6. The lowest BCUT2D eigenvalue weighted by molar-refractivity contribution is -0.119. The maximum absolute atomic E-state index is 12.2. The molecule has 0 unspecified atom stereocenters. The molecule has 2 aromatic carbocycles. The second kappa shape index (κ2) is 8.01. The molecule has 0 bridgehead atoms. The fourth-order valence-electron chi connectivity index (χ4n) is 2.32. The van der Waals surface area contributed by atoms with E-state index in [0.29, 0.717) is 22.1 Å². The van der Waals surface area contributed by atoms with Gasteiger partial charge in [0.15, 0.2) is 12.3 Å². The highest BCUT2D eigenvalue weighted by molar-refractivity contribution is 6.30. The molecule has 1 heterocycles. The average Bonchev–Trinajstić information content (AvgIpc) is 3.03. The molecule has 1 N–H and O–H groups in total. The number of amides is 1. The Labute approximate surface area is 160 Å². The predicted octanol–water partition coefficient (Wildman–Crippen LogP) is 3.33. The van der Waals surface area contributed by atoms with Gasteiger partial charge in [-0.3, -0.25) is 4.79 Å². The van der Waals surface area contributed by atoms with Crippen molar-refractivity contribution in [1.29, 1.82) is 0 Å². The van der Waals surface area contributed by atoms with Crippen LogP contribution in [-0.2, 0) is 9.53 Å². The van der Waals surface area contributed by atoms with E-state index in [1.165, 1.54) is 4.80 Å². The van der Waals surface area contributed by atoms with Crippen molar-refractivity contribution in [3.05, 3.63) is 70.5 Å². The van der Waals surface area contributed by atoms with Crippen molar-refractivity contribution in [2.45, 2.75) is 13.8 Å². The number of aryl methyl sites for hydroxylation is 2. The van der Waals surface area contributed by atoms with Crippen LogP contribution in [0.1, 0.15) is 21.7 Å². The van der Waals surface area contributed by atoms with Gasteiger partial charge in [-0.25, -0.2) is 4.79 Å². The van der Waals surface area contributed by atoms with Gasteiger partial charge in [-0.15, -0.1) is 5.10 Å². The van der Waals surface area contributed by atoms with E-state index in [-0.39, 0.29) is 5.69 Å². The Morgan fingerprint density at radius 1 is 1.11 bits per heavy atom. The van der Waals surface area contributed by atoms with Crippen LogP contribution < -0.4 is 5.32 Å². The van der Waals surface area contributed by atoms with E-state index in [0.717, 1.165) is 5.56 Å². The van der Waals surface area contributed by atoms with Crippen LogP contribution in [0.5, 0.6) is 0 Å². The minimum absolute atomic E-state index is 0.0399. The first-order chi connectivity index (χ1) is 12.9. The molecule has 1 amide bonds. The lowest BCUT2D eigenvalue weighted by Crippen LogP contribution is -2.21. The van der Waals surface area contributed by atoms with Crippen LogP contribution in [0.2, 0.25) is 5.02 Å². The number of esters is 1. The Balaban J connectivity index is 1.62. The minimum atomic E-state index is -0.722. The SMILES string of the molecule is Cc1ccc(NC(=O)COC(=O)c2nn(-c3cccc(Cl)c3)nc2C)cc1. The zero-order chi connectivity index (χ0) is 19.4. The molecule has 0 aliphatic heterocycles. The van der Waals surface area contributed by atoms with Crippen molar-refractivity contribution in [2.24, 2.45) is 0 Å². The number of benzene rings is 2. The maximum atomic E-state index is 12.2. The molecule has 0 atom stereocenters. The third-order valence-electron chi connectivity index (χ3n) is 3.68. The number of carbonyl (C=O) groups is 2. The predicted molar refractivity (Wildman–Crippen MR) is 101 cm³/mol. The highest BCUT2D eigenvalue weighted by Gasteiger charge is 2.19. The number of hydrogen-bond donors (Lipinski definition) is 1. The molecule has 27 heavy (non-hydrogen) atoms. The first-order valence-corrected chi connectivity index (χ1v) is 8.54. The van der Waals surface area contributed by atoms with Crippen LogP contribution in [-0.4, -0.2) is 33.5 Å². The van der Waals surface area contributed by atoms with E-state index in [9.17, 15) is 9.59 Å². The van der Waals surface area contributed by atoms with Crippen LogP contribution in [0.3, 0.4) is 0 Å². The van der Waals surface area contributed by atoms with Crippen molar-refractivity contribution in [1.82, 2.24) is 15.0 Å². The number of hydrogen-bond acceptors (Lipinski definition) is 5. The number of ether oxygens (including phenoxy) is 1. The number of nitrogens with zero attached hydrogens (tertiary/aromatic N) is 3. The molecular formula is C19H17ClN4O3. The molecule has 0 fully saturated rings. The van der Waals surface area contributed by atoms with E-state index in [4.69, 9.17) is 16.3 Å². The van der Waals surface area contributed by atoms with Crippen molar-refractivity contribution < 1.29 is 14.3 Å². The van der Waals surface area contributed by atoms with Crippen LogP contribution in [0.25, 0.3) is 5.69 Å². The van der Waals surface area contributed by atoms with Gasteiger partial charge in [-0.2, -0.15) is 9.90 Å². The fourth-order valence-corrected chi connectivity index (χ4v) is 2.50. The average molecular weight is 385 g/mol. The van der Waals surface area contributed by atoms with Crippen LogP contribution in [0.15, 0.2) is 48.5 Å². The van der Waals surface area contributed by atoms with Gasteiger partial charge in [0.1, 0.15) is 0 Å². The van der Waals surface area contributed by atoms with Gasteiger partial charge < -0.3 is 10.1 Å². The Kier molecular flexibility index (Phi) is 5.52. The maximum Gasteiger partial charge on any atom is 0.361 e. The number of rotatable bonds is 5. The third-order valence-corrected chi connectivity index (χ3v) is 3.92. The zero-order valence-electron chi connectivity index (χ0n) is 14.8. The second-order valence-corrected chi connectivity index (χ2v) is 6.33. The topological polar surface area (TPSA) is 86.1 Å². The summed E-state index contributed by atoms with van der Waals surface area (Å²) in [6.07, 6.45) is 0. The third kappa shape index (κ3) is 4.71. The quantitative estimate of drug-likeness (QED) is 0.682. The Morgan fingerprint density at radius 3 is 2.56 bits per heavy atom. The van der Waals surface area contributed by atoms with E-state index in [1.54, 1.807) is 43.3 Å². The van der Waals surface area contributed by atoms with Crippen molar-refractivity contribution in [3.63, 3.8) is 0 Å². The molecule has 8 heteroatoms. The summed E-state index contributed by atoms with van der Waals surface area (Å²) in [7, 11) is 0. The molecule has 0 aliphatic rings. The van der Waals surface area contributed by atoms with Crippen LogP contribution in [0, 0.1) is 13.8 Å². The van der Waals surface area contributed by atoms with Gasteiger partial charge in [-0.05, 0) is 44.2 Å². The highest BCUT2D eigenvalue weighted by Crippen LogP contribution is 2.15. The van der Waals surface area contributed by atoms with Gasteiger partial charge in [0.2, 0.25) is 0 Å². The smallest absolute Gasteiger partial charge is 0.361 e. The van der Waals surface area contributed by atoms with Gasteiger partial charge in [0.25, 0.3) is 5.91 Å². The van der Waals surface area contributed by atoms with Gasteiger partial charge >= 0.3 is 5.97 Å². The summed E-state index contributed by atoms with van der Waals surface area (Å²) in [5, 5.41) is 11.5. The Morgan fingerprint density at radius 2 is 1.85 bits per heavy atom. The van der Waals surface area contributed by atoms with E-state index >= 15 is 0 Å². The summed E-state index contributed by atoms with van der Waals surface area (Å²) in [6, 6.07) is 14.2. The van der Waals surface area contributed by atoms with E-state index in [2.05, 4.69) is 15.5 Å². The number of nitrogens with one attached hydrogen (secondary N) is 1. The van der Waals surface area contributed by atoms with Crippen molar-refractivity contribution in [2.75, 3.05) is 11.9 Å². The molecule has 3 rings (SSSR count). The molecular weight excluding hydrogens is 368 g/mol. The summed E-state index contributed by atoms with van der Waals surface area (Å²) < 4.78 is 5.05. The summed E-state index contributed by atoms with van der Waals surface area (Å²) >= 11 is 5.96. The standard InChI is InChI=1S/C19H17ClN4O3/c1-12-6-8-15(9-7-12)21-17(25)11-27-19(26)18-13(2)22-24(23-18)16-5-3-4-14(20)10-16/h3-10H,11H2,1-2H3,(H,21,25). The summed E-state index contributed by atoms with van der Waals surface area (Å²) in [4.78, 5) is 25.5. The van der Waals surface area contributed by atoms with E-state index < -0.39 is 18.5 Å². The van der Waals surface area contributed by atoms with Crippen molar-refractivity contribution >= 4 is 29.2 Å². The number of anilines is 1. The molecule has 0 radical (unpaired) electrons. The van der Waals surface area contributed by atoms with E-state index in [1.807, 2.05) is 19.1 Å². The second-order valence-electron chi connectivity index (χ2n) is 5.89. The molecule has 0 saturated carbocycles. The van der Waals surface area contributed by atoms with Crippen LogP contribution >= 0.6 is 11.6 Å². The number of carbonyl (C=O) groups excluding carboxylic acids is 2.